The lowest BCUT2D eigenvalue weighted by Crippen LogP contribution is -2.22. The van der Waals surface area contributed by atoms with Gasteiger partial charge in [0.15, 0.2) is 0 Å². The minimum Gasteiger partial charge on any atom is -0.286 e. The van der Waals surface area contributed by atoms with Gasteiger partial charge in [-0.2, -0.15) is 0 Å². The maximum Gasteiger partial charge on any atom is 0.0685 e. The van der Waals surface area contributed by atoms with Gasteiger partial charge in [-0.3, -0.25) is 5.32 Å². The normalized spacial score (nSPS) is 28.8. The van der Waals surface area contributed by atoms with Crippen molar-refractivity contribution in [1.82, 2.24) is 5.32 Å². The molecule has 13 heavy (non-hydrogen) atoms. The van der Waals surface area contributed by atoms with Gasteiger partial charge in [0, 0.05) is 6.20 Å². The first-order chi connectivity index (χ1) is 6.45. The van der Waals surface area contributed by atoms with Crippen LogP contribution in [0.4, 0.5) is 0 Å². The second-order valence-electron chi connectivity index (χ2n) is 4.18. The van der Waals surface area contributed by atoms with Crippen LogP contribution in [0.2, 0.25) is 0 Å². The standard InChI is InChI=1S/C12H18N/c1-2-6-11(7-3-1)10-12-8-4-5-9-13-12/h4-5,8-9,11-12H,1-3,6-7,10H2. The van der Waals surface area contributed by atoms with Crippen LogP contribution in [-0.4, -0.2) is 6.04 Å². The molecular formula is C12H18N. The Morgan fingerprint density at radius 3 is 2.62 bits per heavy atom. The molecule has 1 aliphatic heterocycles. The zero-order valence-electron chi connectivity index (χ0n) is 8.15. The molecule has 2 aliphatic rings. The van der Waals surface area contributed by atoms with E-state index in [1.807, 2.05) is 12.3 Å². The molecule has 0 bridgehead atoms. The fourth-order valence-electron chi connectivity index (χ4n) is 2.36. The predicted octanol–water partition coefficient (Wildman–Crippen LogP) is 3.01. The molecule has 0 aromatic heterocycles. The summed E-state index contributed by atoms with van der Waals surface area (Å²) in [6.45, 7) is 0. The summed E-state index contributed by atoms with van der Waals surface area (Å²) >= 11 is 0. The van der Waals surface area contributed by atoms with Crippen molar-refractivity contribution in [2.75, 3.05) is 0 Å². The molecule has 1 saturated carbocycles. The van der Waals surface area contributed by atoms with Gasteiger partial charge in [-0.05, 0) is 18.4 Å². The van der Waals surface area contributed by atoms with Crippen LogP contribution in [0, 0.1) is 5.92 Å². The summed E-state index contributed by atoms with van der Waals surface area (Å²) in [5, 5.41) is 4.46. The highest BCUT2D eigenvalue weighted by atomic mass is 14.9. The van der Waals surface area contributed by atoms with Crippen LogP contribution < -0.4 is 5.32 Å². The highest BCUT2D eigenvalue weighted by Crippen LogP contribution is 2.28. The Balaban J connectivity index is 1.76. The SMILES string of the molecule is C1=C[N]C(CC2CCCCC2)C=C1. The van der Waals surface area contributed by atoms with Crippen molar-refractivity contribution in [3.05, 3.63) is 24.4 Å². The summed E-state index contributed by atoms with van der Waals surface area (Å²) in [7, 11) is 0. The van der Waals surface area contributed by atoms with Gasteiger partial charge in [-0.25, -0.2) is 0 Å². The number of rotatable bonds is 2. The van der Waals surface area contributed by atoms with E-state index in [9.17, 15) is 0 Å². The van der Waals surface area contributed by atoms with Crippen LogP contribution >= 0.6 is 0 Å². The number of allylic oxidation sites excluding steroid dienone is 2. The average Bonchev–Trinajstić information content (AvgIpc) is 2.21. The monoisotopic (exact) mass is 176 g/mol. The summed E-state index contributed by atoms with van der Waals surface area (Å²) in [5.41, 5.74) is 0. The van der Waals surface area contributed by atoms with Crippen molar-refractivity contribution in [3.8, 4) is 0 Å². The summed E-state index contributed by atoms with van der Waals surface area (Å²) < 4.78 is 0. The maximum absolute atomic E-state index is 4.46. The summed E-state index contributed by atoms with van der Waals surface area (Å²) in [4.78, 5) is 0. The third kappa shape index (κ3) is 2.61. The Bertz CT molecular complexity index is 199. The van der Waals surface area contributed by atoms with Crippen molar-refractivity contribution in [2.24, 2.45) is 5.92 Å². The zero-order chi connectivity index (χ0) is 8.93. The van der Waals surface area contributed by atoms with Crippen LogP contribution in [0.15, 0.2) is 24.4 Å². The molecule has 1 heterocycles. The summed E-state index contributed by atoms with van der Waals surface area (Å²) in [6.07, 6.45) is 16.8. The van der Waals surface area contributed by atoms with E-state index in [4.69, 9.17) is 0 Å². The fraction of sp³-hybridized carbons (Fsp3) is 0.667. The molecule has 2 rings (SSSR count). The van der Waals surface area contributed by atoms with Gasteiger partial charge in [0.2, 0.25) is 0 Å². The van der Waals surface area contributed by atoms with Gasteiger partial charge >= 0.3 is 0 Å². The molecule has 1 heteroatoms. The summed E-state index contributed by atoms with van der Waals surface area (Å²) in [5.74, 6) is 0.943. The molecule has 0 aromatic rings. The predicted molar refractivity (Wildman–Crippen MR) is 55.4 cm³/mol. The minimum absolute atomic E-state index is 0.480. The van der Waals surface area contributed by atoms with Gasteiger partial charge in [0.25, 0.3) is 0 Å². The quantitative estimate of drug-likeness (QED) is 0.614. The highest BCUT2D eigenvalue weighted by Gasteiger charge is 2.17. The smallest absolute Gasteiger partial charge is 0.0685 e. The van der Waals surface area contributed by atoms with Crippen molar-refractivity contribution in [1.29, 1.82) is 0 Å². The van der Waals surface area contributed by atoms with Crippen molar-refractivity contribution in [2.45, 2.75) is 44.6 Å². The molecule has 1 fully saturated rings. The number of nitrogens with zero attached hydrogens (tertiary/aromatic N) is 1. The highest BCUT2D eigenvalue weighted by molar-refractivity contribution is 5.11. The number of hydrogen-bond donors (Lipinski definition) is 0. The summed E-state index contributed by atoms with van der Waals surface area (Å²) in [6, 6.07) is 0.480. The molecule has 1 unspecified atom stereocenters. The second-order valence-corrected chi connectivity index (χ2v) is 4.18. The molecule has 1 nitrogen and oxygen atoms in total. The lowest BCUT2D eigenvalue weighted by molar-refractivity contribution is 0.320. The molecule has 1 radical (unpaired) electrons. The van der Waals surface area contributed by atoms with Crippen LogP contribution in [-0.2, 0) is 0 Å². The lowest BCUT2D eigenvalue weighted by Gasteiger charge is -2.24. The Labute approximate surface area is 80.9 Å². The first-order valence-electron chi connectivity index (χ1n) is 5.48. The minimum atomic E-state index is 0.480. The molecule has 71 valence electrons. The Morgan fingerprint density at radius 1 is 1.08 bits per heavy atom. The van der Waals surface area contributed by atoms with E-state index in [1.165, 1.54) is 38.5 Å². The van der Waals surface area contributed by atoms with Crippen molar-refractivity contribution < 1.29 is 0 Å². The van der Waals surface area contributed by atoms with Crippen LogP contribution in [0.3, 0.4) is 0 Å². The zero-order valence-corrected chi connectivity index (χ0v) is 8.15. The molecule has 0 amide bonds. The molecule has 1 aliphatic carbocycles. The van der Waals surface area contributed by atoms with E-state index in [0.29, 0.717) is 6.04 Å². The third-order valence-electron chi connectivity index (χ3n) is 3.11. The largest absolute Gasteiger partial charge is 0.286 e. The van der Waals surface area contributed by atoms with Gasteiger partial charge in [-0.15, -0.1) is 0 Å². The van der Waals surface area contributed by atoms with Crippen molar-refractivity contribution in [3.63, 3.8) is 0 Å². The van der Waals surface area contributed by atoms with Crippen LogP contribution in [0.1, 0.15) is 38.5 Å². The van der Waals surface area contributed by atoms with Crippen LogP contribution in [0.5, 0.6) is 0 Å². The van der Waals surface area contributed by atoms with E-state index < -0.39 is 0 Å². The average molecular weight is 176 g/mol. The van der Waals surface area contributed by atoms with Gasteiger partial charge in [0.1, 0.15) is 0 Å². The van der Waals surface area contributed by atoms with Gasteiger partial charge in [0.05, 0.1) is 6.04 Å². The molecule has 1 atom stereocenters. The number of hydrogen-bond acceptors (Lipinski definition) is 0. The maximum atomic E-state index is 4.46. The van der Waals surface area contributed by atoms with Gasteiger partial charge in [-0.1, -0.05) is 44.3 Å². The third-order valence-corrected chi connectivity index (χ3v) is 3.11. The van der Waals surface area contributed by atoms with E-state index in [0.717, 1.165) is 5.92 Å². The fourth-order valence-corrected chi connectivity index (χ4v) is 2.36. The Kier molecular flexibility index (Phi) is 3.07. The molecular weight excluding hydrogens is 158 g/mol. The second kappa shape index (κ2) is 4.50. The van der Waals surface area contributed by atoms with E-state index >= 15 is 0 Å². The lowest BCUT2D eigenvalue weighted by atomic mass is 9.84. The van der Waals surface area contributed by atoms with E-state index in [1.54, 1.807) is 0 Å². The Morgan fingerprint density at radius 2 is 1.92 bits per heavy atom. The first kappa shape index (κ1) is 8.86. The topological polar surface area (TPSA) is 14.1 Å². The Hall–Kier alpha value is -0.720. The van der Waals surface area contributed by atoms with Crippen molar-refractivity contribution >= 4 is 0 Å². The molecule has 0 saturated heterocycles. The van der Waals surface area contributed by atoms with Crippen LogP contribution in [0.25, 0.3) is 0 Å². The molecule has 0 aromatic carbocycles. The first-order valence-corrected chi connectivity index (χ1v) is 5.48. The van der Waals surface area contributed by atoms with E-state index in [2.05, 4.69) is 17.5 Å². The van der Waals surface area contributed by atoms with E-state index in [-0.39, 0.29) is 0 Å². The molecule has 0 spiro atoms. The van der Waals surface area contributed by atoms with Gasteiger partial charge < -0.3 is 0 Å². The molecule has 0 N–H and O–H groups in total.